The van der Waals surface area contributed by atoms with E-state index in [1.807, 2.05) is 0 Å². The molecule has 1 amide bonds. The lowest BCUT2D eigenvalue weighted by Gasteiger charge is -2.11. The monoisotopic (exact) mass is 210 g/mol. The van der Waals surface area contributed by atoms with Crippen molar-refractivity contribution in [2.45, 2.75) is 19.4 Å². The second-order valence-electron chi connectivity index (χ2n) is 3.47. The predicted molar refractivity (Wildman–Crippen MR) is 56.8 cm³/mol. The highest BCUT2D eigenvalue weighted by Crippen LogP contribution is 2.06. The quantitative estimate of drug-likeness (QED) is 0.773. The van der Waals surface area contributed by atoms with Crippen LogP contribution in [0, 0.1) is 5.82 Å². The van der Waals surface area contributed by atoms with Crippen LogP contribution in [0.2, 0.25) is 0 Å². The zero-order chi connectivity index (χ0) is 11.3. The molecular weight excluding hydrogens is 195 g/mol. The van der Waals surface area contributed by atoms with Crippen LogP contribution in [0.1, 0.15) is 12.5 Å². The van der Waals surface area contributed by atoms with Gasteiger partial charge in [0.1, 0.15) is 5.82 Å². The maximum atomic E-state index is 13.2. The first kappa shape index (κ1) is 11.7. The van der Waals surface area contributed by atoms with Crippen LogP contribution in [-0.4, -0.2) is 18.5 Å². The highest BCUT2D eigenvalue weighted by molar-refractivity contribution is 5.78. The Morgan fingerprint density at radius 3 is 2.80 bits per heavy atom. The summed E-state index contributed by atoms with van der Waals surface area (Å²) in [6, 6.07) is 6.16. The molecule has 0 aliphatic heterocycles. The van der Waals surface area contributed by atoms with Gasteiger partial charge in [-0.25, -0.2) is 4.39 Å². The highest BCUT2D eigenvalue weighted by atomic mass is 19.1. The van der Waals surface area contributed by atoms with Crippen molar-refractivity contribution in [2.24, 2.45) is 5.73 Å². The number of carbonyl (C=O) groups excluding carboxylic acids is 1. The molecule has 3 nitrogen and oxygen atoms in total. The molecule has 0 saturated heterocycles. The average Bonchev–Trinajstić information content (AvgIpc) is 2.21. The maximum Gasteiger partial charge on any atom is 0.224 e. The summed E-state index contributed by atoms with van der Waals surface area (Å²) in [7, 11) is 0. The van der Waals surface area contributed by atoms with E-state index in [4.69, 9.17) is 5.73 Å². The Morgan fingerprint density at radius 1 is 1.53 bits per heavy atom. The number of nitrogens with two attached hydrogens (primary N) is 1. The Hall–Kier alpha value is -1.42. The van der Waals surface area contributed by atoms with Crippen molar-refractivity contribution >= 4 is 5.91 Å². The Balaban J connectivity index is 2.55. The number of benzene rings is 1. The van der Waals surface area contributed by atoms with Gasteiger partial charge in [-0.2, -0.15) is 0 Å². The number of halogens is 1. The summed E-state index contributed by atoms with van der Waals surface area (Å²) in [6.07, 6.45) is 0.0526. The van der Waals surface area contributed by atoms with E-state index in [2.05, 4.69) is 5.32 Å². The number of carbonyl (C=O) groups is 1. The van der Waals surface area contributed by atoms with Gasteiger partial charge in [-0.3, -0.25) is 4.79 Å². The molecule has 0 aliphatic carbocycles. The van der Waals surface area contributed by atoms with Gasteiger partial charge in [0.05, 0.1) is 6.42 Å². The van der Waals surface area contributed by atoms with Crippen LogP contribution in [-0.2, 0) is 11.2 Å². The second-order valence-corrected chi connectivity index (χ2v) is 3.47. The van der Waals surface area contributed by atoms with Crippen LogP contribution in [0.25, 0.3) is 0 Å². The van der Waals surface area contributed by atoms with Gasteiger partial charge >= 0.3 is 0 Å². The Morgan fingerprint density at radius 2 is 2.20 bits per heavy atom. The minimum absolute atomic E-state index is 0.0526. The van der Waals surface area contributed by atoms with Gasteiger partial charge < -0.3 is 11.1 Å². The summed E-state index contributed by atoms with van der Waals surface area (Å²) in [6.45, 7) is 2.18. The number of hydrogen-bond acceptors (Lipinski definition) is 2. The molecule has 1 atom stereocenters. The first-order chi connectivity index (χ1) is 7.13. The van der Waals surface area contributed by atoms with Gasteiger partial charge in [-0.1, -0.05) is 18.2 Å². The van der Waals surface area contributed by atoms with Crippen LogP contribution in [0.5, 0.6) is 0 Å². The molecule has 3 N–H and O–H groups in total. The van der Waals surface area contributed by atoms with Gasteiger partial charge in [-0.05, 0) is 18.6 Å². The summed E-state index contributed by atoms with van der Waals surface area (Å²) < 4.78 is 13.2. The van der Waals surface area contributed by atoms with Crippen molar-refractivity contribution in [3.63, 3.8) is 0 Å². The molecule has 82 valence electrons. The summed E-state index contributed by atoms with van der Waals surface area (Å²) in [4.78, 5) is 11.4. The van der Waals surface area contributed by atoms with E-state index in [9.17, 15) is 9.18 Å². The molecule has 0 saturated carbocycles. The molecule has 0 aromatic heterocycles. The molecule has 0 spiro atoms. The fraction of sp³-hybridized carbons (Fsp3) is 0.364. The Kier molecular flexibility index (Phi) is 4.24. The topological polar surface area (TPSA) is 55.1 Å². The number of amides is 1. The SMILES string of the molecule is C[C@@H](CN)NC(=O)Cc1ccccc1F. The van der Waals surface area contributed by atoms with Crippen LogP contribution >= 0.6 is 0 Å². The molecule has 0 bridgehead atoms. The zero-order valence-corrected chi connectivity index (χ0v) is 8.66. The summed E-state index contributed by atoms with van der Waals surface area (Å²) in [5, 5.41) is 2.67. The third-order valence-corrected chi connectivity index (χ3v) is 2.07. The van der Waals surface area contributed by atoms with Crippen molar-refractivity contribution in [1.82, 2.24) is 5.32 Å². The van der Waals surface area contributed by atoms with E-state index >= 15 is 0 Å². The summed E-state index contributed by atoms with van der Waals surface area (Å²) in [5.74, 6) is -0.564. The summed E-state index contributed by atoms with van der Waals surface area (Å²) >= 11 is 0. The largest absolute Gasteiger partial charge is 0.352 e. The van der Waals surface area contributed by atoms with Crippen molar-refractivity contribution in [3.8, 4) is 0 Å². The average molecular weight is 210 g/mol. The number of rotatable bonds is 4. The third-order valence-electron chi connectivity index (χ3n) is 2.07. The third kappa shape index (κ3) is 3.67. The molecule has 0 unspecified atom stereocenters. The van der Waals surface area contributed by atoms with Crippen molar-refractivity contribution in [2.75, 3.05) is 6.54 Å². The van der Waals surface area contributed by atoms with E-state index in [0.717, 1.165) is 0 Å². The minimum atomic E-state index is -0.354. The smallest absolute Gasteiger partial charge is 0.224 e. The first-order valence-corrected chi connectivity index (χ1v) is 4.86. The molecule has 1 aromatic rings. The first-order valence-electron chi connectivity index (χ1n) is 4.86. The number of hydrogen-bond donors (Lipinski definition) is 2. The van der Waals surface area contributed by atoms with E-state index in [1.54, 1.807) is 25.1 Å². The fourth-order valence-corrected chi connectivity index (χ4v) is 1.20. The molecule has 1 aromatic carbocycles. The normalized spacial score (nSPS) is 12.2. The van der Waals surface area contributed by atoms with Gasteiger partial charge in [0, 0.05) is 12.6 Å². The molecule has 0 aliphatic rings. The molecule has 0 radical (unpaired) electrons. The Labute approximate surface area is 88.5 Å². The predicted octanol–water partition coefficient (Wildman–Crippen LogP) is 0.832. The van der Waals surface area contributed by atoms with E-state index in [0.29, 0.717) is 12.1 Å². The molecule has 15 heavy (non-hydrogen) atoms. The van der Waals surface area contributed by atoms with Crippen molar-refractivity contribution < 1.29 is 9.18 Å². The van der Waals surface area contributed by atoms with E-state index < -0.39 is 0 Å². The standard InChI is InChI=1S/C11H15FN2O/c1-8(7-13)14-11(15)6-9-4-2-3-5-10(9)12/h2-5,8H,6-7,13H2,1H3,(H,14,15)/t8-/m0/s1. The summed E-state index contributed by atoms with van der Waals surface area (Å²) in [5.41, 5.74) is 5.76. The number of nitrogens with one attached hydrogen (secondary N) is 1. The van der Waals surface area contributed by atoms with Gasteiger partial charge in [0.25, 0.3) is 0 Å². The Bertz CT molecular complexity index is 341. The lowest BCUT2D eigenvalue weighted by atomic mass is 10.1. The van der Waals surface area contributed by atoms with Crippen LogP contribution < -0.4 is 11.1 Å². The van der Waals surface area contributed by atoms with Gasteiger partial charge in [-0.15, -0.1) is 0 Å². The molecular formula is C11H15FN2O. The van der Waals surface area contributed by atoms with E-state index in [1.165, 1.54) is 6.07 Å². The van der Waals surface area contributed by atoms with Crippen LogP contribution in [0.15, 0.2) is 24.3 Å². The zero-order valence-electron chi connectivity index (χ0n) is 8.66. The minimum Gasteiger partial charge on any atom is -0.352 e. The second kappa shape index (κ2) is 5.46. The van der Waals surface area contributed by atoms with E-state index in [-0.39, 0.29) is 24.2 Å². The lowest BCUT2D eigenvalue weighted by Crippen LogP contribution is -2.38. The molecule has 0 fully saturated rings. The molecule has 0 heterocycles. The van der Waals surface area contributed by atoms with Crippen LogP contribution in [0.3, 0.4) is 0 Å². The van der Waals surface area contributed by atoms with Crippen molar-refractivity contribution in [1.29, 1.82) is 0 Å². The van der Waals surface area contributed by atoms with Gasteiger partial charge in [0.15, 0.2) is 0 Å². The lowest BCUT2D eigenvalue weighted by molar-refractivity contribution is -0.121. The van der Waals surface area contributed by atoms with Crippen molar-refractivity contribution in [3.05, 3.63) is 35.6 Å². The highest BCUT2D eigenvalue weighted by Gasteiger charge is 2.09. The van der Waals surface area contributed by atoms with Crippen LogP contribution in [0.4, 0.5) is 4.39 Å². The van der Waals surface area contributed by atoms with Gasteiger partial charge in [0.2, 0.25) is 5.91 Å². The fourth-order valence-electron chi connectivity index (χ4n) is 1.20. The molecule has 1 rings (SSSR count). The maximum absolute atomic E-state index is 13.2. The molecule has 4 heteroatoms.